The summed E-state index contributed by atoms with van der Waals surface area (Å²) >= 11 is 0. The van der Waals surface area contributed by atoms with Crippen molar-refractivity contribution in [2.45, 2.75) is 45.6 Å². The van der Waals surface area contributed by atoms with Gasteiger partial charge in [0.25, 0.3) is 0 Å². The van der Waals surface area contributed by atoms with Crippen molar-refractivity contribution in [2.24, 2.45) is 5.73 Å². The summed E-state index contributed by atoms with van der Waals surface area (Å²) < 4.78 is 0. The number of carbonyl (C=O) groups excluding carboxylic acids is 1. The van der Waals surface area contributed by atoms with E-state index < -0.39 is 0 Å². The predicted octanol–water partition coefficient (Wildman–Crippen LogP) is 3.05. The minimum Gasteiger partial charge on any atom is -0.326 e. The van der Waals surface area contributed by atoms with Crippen LogP contribution in [0.1, 0.15) is 44.6 Å². The smallest absolute Gasteiger partial charge is 0.224 e. The molecule has 0 fully saturated rings. The van der Waals surface area contributed by atoms with E-state index in [1.165, 1.54) is 12.8 Å². The molecule has 0 spiro atoms. The van der Waals surface area contributed by atoms with Crippen molar-refractivity contribution in [3.63, 3.8) is 0 Å². The quantitative estimate of drug-likeness (QED) is 0.712. The van der Waals surface area contributed by atoms with Gasteiger partial charge in [0.05, 0.1) is 0 Å². The molecule has 3 heteroatoms. The monoisotopic (exact) mass is 234 g/mol. The molecular formula is C14H22N2O. The van der Waals surface area contributed by atoms with E-state index in [0.29, 0.717) is 13.0 Å². The lowest BCUT2D eigenvalue weighted by atomic mass is 10.1. The molecule has 0 bridgehead atoms. The van der Waals surface area contributed by atoms with Gasteiger partial charge >= 0.3 is 0 Å². The van der Waals surface area contributed by atoms with Crippen molar-refractivity contribution in [2.75, 3.05) is 5.32 Å². The normalized spacial score (nSPS) is 10.2. The van der Waals surface area contributed by atoms with Crippen molar-refractivity contribution < 1.29 is 4.79 Å². The highest BCUT2D eigenvalue weighted by Crippen LogP contribution is 2.11. The first-order valence-corrected chi connectivity index (χ1v) is 6.35. The van der Waals surface area contributed by atoms with Gasteiger partial charge in [-0.1, -0.05) is 38.3 Å². The molecule has 1 aromatic carbocycles. The standard InChI is InChI=1S/C14H22N2O/c1-2-3-4-5-9-14(17)16-13-8-6-7-12(10-13)11-15/h6-8,10H,2-5,9,11,15H2,1H3,(H,16,17). The molecule has 0 radical (unpaired) electrons. The van der Waals surface area contributed by atoms with Gasteiger partial charge in [0.2, 0.25) is 5.91 Å². The van der Waals surface area contributed by atoms with E-state index in [4.69, 9.17) is 5.73 Å². The SMILES string of the molecule is CCCCCCC(=O)Nc1cccc(CN)c1. The zero-order chi connectivity index (χ0) is 12.5. The number of benzene rings is 1. The lowest BCUT2D eigenvalue weighted by Gasteiger charge is -2.06. The average Bonchev–Trinajstić information content (AvgIpc) is 2.35. The van der Waals surface area contributed by atoms with Crippen LogP contribution in [0.25, 0.3) is 0 Å². The topological polar surface area (TPSA) is 55.1 Å². The number of nitrogens with two attached hydrogens (primary N) is 1. The Hall–Kier alpha value is -1.35. The highest BCUT2D eigenvalue weighted by atomic mass is 16.1. The molecule has 1 rings (SSSR count). The number of anilines is 1. The van der Waals surface area contributed by atoms with Gasteiger partial charge in [-0.05, 0) is 24.1 Å². The van der Waals surface area contributed by atoms with Crippen LogP contribution < -0.4 is 11.1 Å². The zero-order valence-electron chi connectivity index (χ0n) is 10.5. The van der Waals surface area contributed by atoms with Crippen LogP contribution in [0.4, 0.5) is 5.69 Å². The van der Waals surface area contributed by atoms with Crippen molar-refractivity contribution in [1.29, 1.82) is 0 Å². The molecule has 0 aliphatic carbocycles. The first kappa shape index (κ1) is 13.7. The molecule has 3 N–H and O–H groups in total. The number of amides is 1. The molecule has 3 nitrogen and oxygen atoms in total. The van der Waals surface area contributed by atoms with E-state index in [1.807, 2.05) is 24.3 Å². The Morgan fingerprint density at radius 1 is 1.29 bits per heavy atom. The molecule has 17 heavy (non-hydrogen) atoms. The second kappa shape index (κ2) is 7.85. The highest BCUT2D eigenvalue weighted by molar-refractivity contribution is 5.90. The Balaban J connectivity index is 2.34. The van der Waals surface area contributed by atoms with Crippen LogP contribution in [0.2, 0.25) is 0 Å². The molecule has 0 aliphatic rings. The van der Waals surface area contributed by atoms with Gasteiger partial charge in [-0.2, -0.15) is 0 Å². The molecule has 0 heterocycles. The van der Waals surface area contributed by atoms with E-state index in [0.717, 1.165) is 24.1 Å². The molecule has 0 aromatic heterocycles. The molecule has 0 aliphatic heterocycles. The van der Waals surface area contributed by atoms with Crippen molar-refractivity contribution in [1.82, 2.24) is 0 Å². The van der Waals surface area contributed by atoms with Crippen LogP contribution in [-0.4, -0.2) is 5.91 Å². The van der Waals surface area contributed by atoms with Crippen LogP contribution >= 0.6 is 0 Å². The van der Waals surface area contributed by atoms with Gasteiger partial charge in [-0.3, -0.25) is 4.79 Å². The highest BCUT2D eigenvalue weighted by Gasteiger charge is 2.02. The first-order valence-electron chi connectivity index (χ1n) is 6.35. The third kappa shape index (κ3) is 5.50. The predicted molar refractivity (Wildman–Crippen MR) is 71.7 cm³/mol. The second-order valence-corrected chi connectivity index (χ2v) is 4.26. The fraction of sp³-hybridized carbons (Fsp3) is 0.500. The zero-order valence-corrected chi connectivity index (χ0v) is 10.5. The third-order valence-corrected chi connectivity index (χ3v) is 2.70. The molecule has 0 unspecified atom stereocenters. The van der Waals surface area contributed by atoms with Crippen LogP contribution in [-0.2, 0) is 11.3 Å². The molecule has 0 saturated carbocycles. The Bertz CT molecular complexity index is 350. The summed E-state index contributed by atoms with van der Waals surface area (Å²) in [5.74, 6) is 0.0928. The Kier molecular flexibility index (Phi) is 6.33. The minimum absolute atomic E-state index is 0.0928. The minimum atomic E-state index is 0.0928. The van der Waals surface area contributed by atoms with E-state index in [9.17, 15) is 4.79 Å². The third-order valence-electron chi connectivity index (χ3n) is 2.70. The molecular weight excluding hydrogens is 212 g/mol. The maximum absolute atomic E-state index is 11.6. The maximum Gasteiger partial charge on any atom is 0.224 e. The molecule has 1 amide bonds. The summed E-state index contributed by atoms with van der Waals surface area (Å²) in [4.78, 5) is 11.6. The van der Waals surface area contributed by atoms with Crippen LogP contribution in [0.15, 0.2) is 24.3 Å². The van der Waals surface area contributed by atoms with Gasteiger partial charge < -0.3 is 11.1 Å². The fourth-order valence-electron chi connectivity index (χ4n) is 1.71. The van der Waals surface area contributed by atoms with Crippen LogP contribution in [0, 0.1) is 0 Å². The van der Waals surface area contributed by atoms with Gasteiger partial charge in [-0.25, -0.2) is 0 Å². The Morgan fingerprint density at radius 2 is 2.12 bits per heavy atom. The number of nitrogens with one attached hydrogen (secondary N) is 1. The lowest BCUT2D eigenvalue weighted by Crippen LogP contribution is -2.11. The van der Waals surface area contributed by atoms with E-state index >= 15 is 0 Å². The number of unbranched alkanes of at least 4 members (excludes halogenated alkanes) is 3. The maximum atomic E-state index is 11.6. The second-order valence-electron chi connectivity index (χ2n) is 4.26. The average molecular weight is 234 g/mol. The van der Waals surface area contributed by atoms with Gasteiger partial charge in [-0.15, -0.1) is 0 Å². The van der Waals surface area contributed by atoms with Gasteiger partial charge in [0, 0.05) is 18.7 Å². The Morgan fingerprint density at radius 3 is 2.82 bits per heavy atom. The fourth-order valence-corrected chi connectivity index (χ4v) is 1.71. The van der Waals surface area contributed by atoms with E-state index in [1.54, 1.807) is 0 Å². The van der Waals surface area contributed by atoms with Crippen molar-refractivity contribution in [3.8, 4) is 0 Å². The summed E-state index contributed by atoms with van der Waals surface area (Å²) in [6.45, 7) is 2.67. The summed E-state index contributed by atoms with van der Waals surface area (Å²) in [5, 5.41) is 2.90. The first-order chi connectivity index (χ1) is 8.26. The van der Waals surface area contributed by atoms with Crippen molar-refractivity contribution >= 4 is 11.6 Å². The number of hydrogen-bond donors (Lipinski definition) is 2. The van der Waals surface area contributed by atoms with E-state index in [-0.39, 0.29) is 5.91 Å². The number of rotatable bonds is 7. The summed E-state index contributed by atoms with van der Waals surface area (Å²) in [5.41, 5.74) is 7.43. The number of carbonyl (C=O) groups is 1. The summed E-state index contributed by atoms with van der Waals surface area (Å²) in [6.07, 6.45) is 5.10. The van der Waals surface area contributed by atoms with Crippen LogP contribution in [0.3, 0.4) is 0 Å². The molecule has 0 atom stereocenters. The molecule has 1 aromatic rings. The lowest BCUT2D eigenvalue weighted by molar-refractivity contribution is -0.116. The summed E-state index contributed by atoms with van der Waals surface area (Å²) in [7, 11) is 0. The van der Waals surface area contributed by atoms with Gasteiger partial charge in [0.15, 0.2) is 0 Å². The molecule has 0 saturated heterocycles. The van der Waals surface area contributed by atoms with E-state index in [2.05, 4.69) is 12.2 Å². The van der Waals surface area contributed by atoms with Gasteiger partial charge in [0.1, 0.15) is 0 Å². The summed E-state index contributed by atoms with van der Waals surface area (Å²) in [6, 6.07) is 7.68. The largest absolute Gasteiger partial charge is 0.326 e. The van der Waals surface area contributed by atoms with Crippen molar-refractivity contribution in [3.05, 3.63) is 29.8 Å². The molecule has 94 valence electrons. The Labute approximate surface area is 103 Å². The van der Waals surface area contributed by atoms with Crippen LogP contribution in [0.5, 0.6) is 0 Å². The number of hydrogen-bond acceptors (Lipinski definition) is 2.